The van der Waals surface area contributed by atoms with E-state index in [-0.39, 0.29) is 0 Å². The lowest BCUT2D eigenvalue weighted by molar-refractivity contribution is -0.0915. The predicted molar refractivity (Wildman–Crippen MR) is 30.9 cm³/mol. The first-order chi connectivity index (χ1) is 3.56. The molecule has 0 aliphatic heterocycles. The Bertz CT molecular complexity index is 111. The van der Waals surface area contributed by atoms with Crippen molar-refractivity contribution in [1.29, 1.82) is 0 Å². The molecule has 2 N–H and O–H groups in total. The minimum Gasteiger partial charge on any atom is -0.356 e. The molecule has 0 saturated carbocycles. The van der Waals surface area contributed by atoms with Gasteiger partial charge in [-0.3, -0.25) is 0 Å². The van der Waals surface area contributed by atoms with Crippen LogP contribution in [-0.2, 0) is 0 Å². The van der Waals surface area contributed by atoms with E-state index < -0.39 is 5.79 Å². The van der Waals surface area contributed by atoms with Crippen molar-refractivity contribution in [3.8, 4) is 11.8 Å². The number of rotatable bonds is 0. The fourth-order valence-corrected chi connectivity index (χ4v) is 0.256. The summed E-state index contributed by atoms with van der Waals surface area (Å²) in [6.45, 7) is 3.08. The molecule has 0 rings (SSSR count). The molecule has 0 fully saturated rings. The van der Waals surface area contributed by atoms with Gasteiger partial charge in [0.2, 0.25) is 5.79 Å². The van der Waals surface area contributed by atoms with Gasteiger partial charge in [-0.25, -0.2) is 0 Å². The molecule has 46 valence electrons. The fraction of sp³-hybridized carbons (Fsp3) is 0.667. The average molecular weight is 114 g/mol. The van der Waals surface area contributed by atoms with Gasteiger partial charge in [-0.05, 0) is 5.92 Å². The van der Waals surface area contributed by atoms with Gasteiger partial charge in [-0.1, -0.05) is 12.8 Å². The highest BCUT2D eigenvalue weighted by molar-refractivity contribution is 5.05. The van der Waals surface area contributed by atoms with Crippen molar-refractivity contribution >= 4 is 0 Å². The highest BCUT2D eigenvalue weighted by Gasteiger charge is 2.07. The summed E-state index contributed by atoms with van der Waals surface area (Å²) in [5.74, 6) is 2.96. The van der Waals surface area contributed by atoms with Crippen LogP contribution in [0.15, 0.2) is 0 Å². The van der Waals surface area contributed by atoms with Crippen LogP contribution in [0.4, 0.5) is 0 Å². The third-order valence-corrected chi connectivity index (χ3v) is 0.502. The molecule has 0 aromatic heterocycles. The van der Waals surface area contributed by atoms with Crippen LogP contribution in [0.1, 0.15) is 20.3 Å². The van der Waals surface area contributed by atoms with Crippen LogP contribution in [0, 0.1) is 11.8 Å². The standard InChI is InChI=1S/C6H10O2/c1-3-4-5-6(2,7)8/h7-8H,3H2,1-2H3. The van der Waals surface area contributed by atoms with Crippen molar-refractivity contribution in [2.75, 3.05) is 0 Å². The van der Waals surface area contributed by atoms with Crippen molar-refractivity contribution in [3.63, 3.8) is 0 Å². The first kappa shape index (κ1) is 7.48. The third-order valence-electron chi connectivity index (χ3n) is 0.502. The maximum Gasteiger partial charge on any atom is 0.225 e. The van der Waals surface area contributed by atoms with Crippen LogP contribution >= 0.6 is 0 Å². The average Bonchev–Trinajstić information content (AvgIpc) is 1.59. The molecule has 0 atom stereocenters. The molecule has 0 aromatic rings. The molecular weight excluding hydrogens is 104 g/mol. The summed E-state index contributed by atoms with van der Waals surface area (Å²) in [6, 6.07) is 0. The van der Waals surface area contributed by atoms with E-state index in [2.05, 4.69) is 11.8 Å². The molecule has 0 aliphatic carbocycles. The first-order valence-electron chi connectivity index (χ1n) is 2.51. The Balaban J connectivity index is 3.69. The second kappa shape index (κ2) is 2.71. The van der Waals surface area contributed by atoms with Crippen LogP contribution in [0.3, 0.4) is 0 Å². The van der Waals surface area contributed by atoms with E-state index >= 15 is 0 Å². The van der Waals surface area contributed by atoms with Gasteiger partial charge in [0, 0.05) is 13.3 Å². The zero-order valence-electron chi connectivity index (χ0n) is 5.10. The molecule has 0 heterocycles. The molecule has 0 bridgehead atoms. The molecule has 0 aliphatic rings. The van der Waals surface area contributed by atoms with E-state index in [1.807, 2.05) is 6.92 Å². The second-order valence-electron chi connectivity index (χ2n) is 1.68. The molecular formula is C6H10O2. The minimum atomic E-state index is -1.81. The fourth-order valence-electron chi connectivity index (χ4n) is 0.256. The molecule has 0 saturated heterocycles. The van der Waals surface area contributed by atoms with Gasteiger partial charge in [0.1, 0.15) is 0 Å². The Kier molecular flexibility index (Phi) is 2.53. The molecule has 0 radical (unpaired) electrons. The van der Waals surface area contributed by atoms with Crippen LogP contribution in [0.5, 0.6) is 0 Å². The maximum atomic E-state index is 8.53. The number of aliphatic hydroxyl groups is 2. The highest BCUT2D eigenvalue weighted by atomic mass is 16.5. The molecule has 0 spiro atoms. The minimum absolute atomic E-state index is 0.650. The SMILES string of the molecule is CCC#CC(C)(O)O. The van der Waals surface area contributed by atoms with E-state index in [1.165, 1.54) is 6.92 Å². The van der Waals surface area contributed by atoms with Gasteiger partial charge < -0.3 is 10.2 Å². The lowest BCUT2D eigenvalue weighted by atomic mass is 10.3. The van der Waals surface area contributed by atoms with Gasteiger partial charge in [0.05, 0.1) is 0 Å². The Morgan fingerprint density at radius 2 is 2.00 bits per heavy atom. The lowest BCUT2D eigenvalue weighted by Gasteiger charge is -2.03. The van der Waals surface area contributed by atoms with Crippen molar-refractivity contribution < 1.29 is 10.2 Å². The van der Waals surface area contributed by atoms with Gasteiger partial charge >= 0.3 is 0 Å². The van der Waals surface area contributed by atoms with Crippen molar-refractivity contribution in [2.45, 2.75) is 26.1 Å². The van der Waals surface area contributed by atoms with Crippen molar-refractivity contribution in [2.24, 2.45) is 0 Å². The Morgan fingerprint density at radius 1 is 1.50 bits per heavy atom. The quantitative estimate of drug-likeness (QED) is 0.346. The zero-order valence-corrected chi connectivity index (χ0v) is 5.10. The largest absolute Gasteiger partial charge is 0.356 e. The smallest absolute Gasteiger partial charge is 0.225 e. The van der Waals surface area contributed by atoms with E-state index in [4.69, 9.17) is 10.2 Å². The maximum absolute atomic E-state index is 8.53. The molecule has 2 heteroatoms. The van der Waals surface area contributed by atoms with Crippen LogP contribution < -0.4 is 0 Å². The predicted octanol–water partition coefficient (Wildman–Crippen LogP) is 0.101. The highest BCUT2D eigenvalue weighted by Crippen LogP contribution is 1.91. The Morgan fingerprint density at radius 3 is 2.12 bits per heavy atom. The summed E-state index contributed by atoms with van der Waals surface area (Å²) in [6.07, 6.45) is 0.650. The molecule has 0 amide bonds. The van der Waals surface area contributed by atoms with E-state index in [1.54, 1.807) is 0 Å². The van der Waals surface area contributed by atoms with Crippen molar-refractivity contribution in [1.82, 2.24) is 0 Å². The third kappa shape index (κ3) is 5.48. The van der Waals surface area contributed by atoms with Gasteiger partial charge in [-0.15, -0.1) is 0 Å². The first-order valence-corrected chi connectivity index (χ1v) is 2.51. The molecule has 0 aromatic carbocycles. The molecule has 2 nitrogen and oxygen atoms in total. The summed E-state index contributed by atoms with van der Waals surface area (Å²) >= 11 is 0. The van der Waals surface area contributed by atoms with Gasteiger partial charge in [0.25, 0.3) is 0 Å². The summed E-state index contributed by atoms with van der Waals surface area (Å²) < 4.78 is 0. The lowest BCUT2D eigenvalue weighted by Crippen LogP contribution is -2.19. The summed E-state index contributed by atoms with van der Waals surface area (Å²) in [7, 11) is 0. The van der Waals surface area contributed by atoms with Crippen LogP contribution in [0.2, 0.25) is 0 Å². The summed E-state index contributed by atoms with van der Waals surface area (Å²) in [5.41, 5.74) is 0. The van der Waals surface area contributed by atoms with E-state index in [9.17, 15) is 0 Å². The van der Waals surface area contributed by atoms with Gasteiger partial charge in [-0.2, -0.15) is 0 Å². The second-order valence-corrected chi connectivity index (χ2v) is 1.68. The van der Waals surface area contributed by atoms with Crippen LogP contribution in [-0.4, -0.2) is 16.0 Å². The topological polar surface area (TPSA) is 40.5 Å². The van der Waals surface area contributed by atoms with E-state index in [0.717, 1.165) is 0 Å². The Hall–Kier alpha value is -0.520. The Labute approximate surface area is 49.2 Å². The molecule has 0 unspecified atom stereocenters. The normalized spacial score (nSPS) is 10.0. The van der Waals surface area contributed by atoms with Crippen molar-refractivity contribution in [3.05, 3.63) is 0 Å². The zero-order chi connectivity index (χ0) is 6.62. The van der Waals surface area contributed by atoms with E-state index in [0.29, 0.717) is 6.42 Å². The van der Waals surface area contributed by atoms with Gasteiger partial charge in [0.15, 0.2) is 0 Å². The molecule has 8 heavy (non-hydrogen) atoms. The number of hydrogen-bond donors (Lipinski definition) is 2. The monoisotopic (exact) mass is 114 g/mol. The number of hydrogen-bond acceptors (Lipinski definition) is 2. The van der Waals surface area contributed by atoms with Crippen LogP contribution in [0.25, 0.3) is 0 Å². The summed E-state index contributed by atoms with van der Waals surface area (Å²) in [5, 5.41) is 17.1. The summed E-state index contributed by atoms with van der Waals surface area (Å²) in [4.78, 5) is 0.